The van der Waals surface area contributed by atoms with Gasteiger partial charge in [-0.2, -0.15) is 5.10 Å². The molecular formula is C19H17Cl2N5O6. The van der Waals surface area contributed by atoms with Crippen LogP contribution in [0.25, 0.3) is 0 Å². The molecule has 0 saturated heterocycles. The number of benzene rings is 1. The Morgan fingerprint density at radius 1 is 1.22 bits per heavy atom. The number of aromatic amines is 1. The van der Waals surface area contributed by atoms with E-state index in [1.54, 1.807) is 0 Å². The smallest absolute Gasteiger partial charge is 0.410 e. The van der Waals surface area contributed by atoms with E-state index in [9.17, 15) is 19.2 Å². The number of aryl methyl sites for hydroxylation is 1. The van der Waals surface area contributed by atoms with E-state index in [0.717, 1.165) is 4.68 Å². The topological polar surface area (TPSA) is 149 Å². The summed E-state index contributed by atoms with van der Waals surface area (Å²) in [5, 5.41) is 9.58. The van der Waals surface area contributed by atoms with Gasteiger partial charge < -0.3 is 10.1 Å². The van der Waals surface area contributed by atoms with Crippen molar-refractivity contribution in [3.05, 3.63) is 71.8 Å². The standard InChI is InChI=1S/C19H17Cl2N5O6/c1-8(2)10-6-13(24-26(3)17(10)28)16(27)15-11(20)4-9(5-12(15)21)31-18(29)22-7-14-23-19(30)32-25-14/h4-6,8H,7H2,1-3H3,(H,22,29)(H,23,25,30). The van der Waals surface area contributed by atoms with Gasteiger partial charge in [-0.15, -0.1) is 0 Å². The largest absolute Gasteiger partial charge is 0.438 e. The van der Waals surface area contributed by atoms with Crippen molar-refractivity contribution in [3.63, 3.8) is 0 Å². The third kappa shape index (κ3) is 5.06. The van der Waals surface area contributed by atoms with E-state index in [4.69, 9.17) is 27.9 Å². The Morgan fingerprint density at radius 3 is 2.44 bits per heavy atom. The van der Waals surface area contributed by atoms with Crippen molar-refractivity contribution in [3.8, 4) is 5.75 Å². The summed E-state index contributed by atoms with van der Waals surface area (Å²) in [6.45, 7) is 3.49. The molecule has 32 heavy (non-hydrogen) atoms. The number of rotatable bonds is 6. The molecule has 0 spiro atoms. The van der Waals surface area contributed by atoms with Crippen molar-refractivity contribution < 1.29 is 18.8 Å². The first-order valence-electron chi connectivity index (χ1n) is 9.19. The van der Waals surface area contributed by atoms with E-state index in [0.29, 0.717) is 5.56 Å². The van der Waals surface area contributed by atoms with Crippen LogP contribution in [0.4, 0.5) is 4.79 Å². The normalized spacial score (nSPS) is 10.9. The number of halogens is 2. The number of hydrogen-bond acceptors (Lipinski definition) is 8. The summed E-state index contributed by atoms with van der Waals surface area (Å²) in [4.78, 5) is 50.3. The van der Waals surface area contributed by atoms with E-state index in [1.165, 1.54) is 25.2 Å². The van der Waals surface area contributed by atoms with E-state index < -0.39 is 17.6 Å². The average molecular weight is 482 g/mol. The van der Waals surface area contributed by atoms with E-state index >= 15 is 0 Å². The molecule has 2 heterocycles. The van der Waals surface area contributed by atoms with Crippen LogP contribution in [0.3, 0.4) is 0 Å². The van der Waals surface area contributed by atoms with Crippen LogP contribution in [0.15, 0.2) is 32.3 Å². The lowest BCUT2D eigenvalue weighted by Gasteiger charge is -2.12. The Bertz CT molecular complexity index is 1290. The maximum atomic E-state index is 13.0. The number of ether oxygens (including phenoxy) is 1. The van der Waals surface area contributed by atoms with Gasteiger partial charge in [-0.05, 0) is 12.0 Å². The number of carbonyl (C=O) groups is 2. The fourth-order valence-electron chi connectivity index (χ4n) is 2.75. The molecule has 11 nitrogen and oxygen atoms in total. The van der Waals surface area contributed by atoms with Crippen LogP contribution in [-0.4, -0.2) is 31.8 Å². The molecule has 0 aliphatic heterocycles. The number of aromatic nitrogens is 4. The first-order valence-corrected chi connectivity index (χ1v) is 9.95. The molecule has 0 radical (unpaired) electrons. The highest BCUT2D eigenvalue weighted by atomic mass is 35.5. The lowest BCUT2D eigenvalue weighted by atomic mass is 10.0. The molecule has 168 valence electrons. The minimum absolute atomic E-state index is 0.00684. The highest BCUT2D eigenvalue weighted by molar-refractivity contribution is 6.41. The molecule has 2 N–H and O–H groups in total. The molecule has 0 atom stereocenters. The Balaban J connectivity index is 1.81. The minimum atomic E-state index is -0.888. The maximum absolute atomic E-state index is 13.0. The Hall–Kier alpha value is -3.44. The molecule has 0 fully saturated rings. The van der Waals surface area contributed by atoms with Crippen LogP contribution in [0, 0.1) is 0 Å². The average Bonchev–Trinajstić information content (AvgIpc) is 3.12. The lowest BCUT2D eigenvalue weighted by Crippen LogP contribution is -2.27. The van der Waals surface area contributed by atoms with Crippen molar-refractivity contribution in [2.45, 2.75) is 26.3 Å². The van der Waals surface area contributed by atoms with Gasteiger partial charge in [0.1, 0.15) is 11.4 Å². The van der Waals surface area contributed by atoms with Gasteiger partial charge >= 0.3 is 11.8 Å². The predicted molar refractivity (Wildman–Crippen MR) is 113 cm³/mol. The van der Waals surface area contributed by atoms with Gasteiger partial charge in [0.05, 0.1) is 22.2 Å². The summed E-state index contributed by atoms with van der Waals surface area (Å²) in [5.41, 5.74) is 0.0520. The Morgan fingerprint density at radius 2 is 1.88 bits per heavy atom. The number of nitrogens with one attached hydrogen (secondary N) is 2. The van der Waals surface area contributed by atoms with Gasteiger partial charge in [0.15, 0.2) is 5.82 Å². The van der Waals surface area contributed by atoms with E-state index in [-0.39, 0.29) is 50.9 Å². The van der Waals surface area contributed by atoms with Gasteiger partial charge in [0.2, 0.25) is 5.78 Å². The molecule has 0 aliphatic rings. The summed E-state index contributed by atoms with van der Waals surface area (Å²) >= 11 is 12.5. The second kappa shape index (κ2) is 9.37. The van der Waals surface area contributed by atoms with E-state index in [1.807, 2.05) is 13.8 Å². The molecule has 0 bridgehead atoms. The van der Waals surface area contributed by atoms with Crippen molar-refractivity contribution in [2.75, 3.05) is 0 Å². The summed E-state index contributed by atoms with van der Waals surface area (Å²) < 4.78 is 10.5. The number of hydrogen-bond donors (Lipinski definition) is 2. The van der Waals surface area contributed by atoms with Crippen LogP contribution in [0.5, 0.6) is 5.75 Å². The van der Waals surface area contributed by atoms with Crippen LogP contribution < -0.4 is 21.4 Å². The van der Waals surface area contributed by atoms with Gasteiger partial charge in [-0.3, -0.25) is 19.1 Å². The van der Waals surface area contributed by atoms with Gasteiger partial charge in [0, 0.05) is 24.7 Å². The van der Waals surface area contributed by atoms with Crippen molar-refractivity contribution in [2.24, 2.45) is 7.05 Å². The van der Waals surface area contributed by atoms with Gasteiger partial charge in [0.25, 0.3) is 5.56 Å². The summed E-state index contributed by atoms with van der Waals surface area (Å²) in [5.74, 6) is -1.42. The number of carbonyl (C=O) groups excluding carboxylic acids is 2. The van der Waals surface area contributed by atoms with Crippen molar-refractivity contribution in [1.29, 1.82) is 0 Å². The Labute approximate surface area is 190 Å². The highest BCUT2D eigenvalue weighted by Gasteiger charge is 2.22. The van der Waals surface area contributed by atoms with Crippen LogP contribution >= 0.6 is 23.2 Å². The minimum Gasteiger partial charge on any atom is -0.410 e. The fourth-order valence-corrected chi connectivity index (χ4v) is 3.38. The molecule has 0 unspecified atom stereocenters. The predicted octanol–water partition coefficient (Wildman–Crippen LogP) is 2.41. The number of amides is 1. The maximum Gasteiger partial charge on any atom is 0.438 e. The van der Waals surface area contributed by atoms with Crippen LogP contribution in [0.2, 0.25) is 10.0 Å². The van der Waals surface area contributed by atoms with Crippen molar-refractivity contribution >= 4 is 35.1 Å². The third-order valence-corrected chi connectivity index (χ3v) is 4.88. The monoisotopic (exact) mass is 481 g/mol. The van der Waals surface area contributed by atoms with Gasteiger partial charge in [-0.1, -0.05) is 42.2 Å². The first kappa shape index (κ1) is 23.2. The van der Waals surface area contributed by atoms with Gasteiger partial charge in [-0.25, -0.2) is 14.3 Å². The summed E-state index contributed by atoms with van der Waals surface area (Å²) in [6.07, 6.45) is -0.888. The fraction of sp³-hybridized carbons (Fsp3) is 0.263. The molecule has 3 rings (SSSR count). The van der Waals surface area contributed by atoms with Crippen LogP contribution in [0.1, 0.15) is 47.2 Å². The van der Waals surface area contributed by atoms with E-state index in [2.05, 4.69) is 25.1 Å². The Kier molecular flexibility index (Phi) is 6.80. The molecule has 13 heteroatoms. The van der Waals surface area contributed by atoms with Crippen LogP contribution in [-0.2, 0) is 13.6 Å². The number of ketones is 1. The zero-order valence-electron chi connectivity index (χ0n) is 17.1. The zero-order chi connectivity index (χ0) is 23.6. The molecule has 2 aromatic heterocycles. The number of H-pyrrole nitrogens is 1. The lowest BCUT2D eigenvalue weighted by molar-refractivity contribution is 0.103. The van der Waals surface area contributed by atoms with Crippen molar-refractivity contribution in [1.82, 2.24) is 25.2 Å². The SMILES string of the molecule is CC(C)c1cc(C(=O)c2c(Cl)cc(OC(=O)NCc3noc(=O)[nH]3)cc2Cl)nn(C)c1=O. The second-order valence-corrected chi connectivity index (χ2v) is 7.76. The summed E-state index contributed by atoms with van der Waals surface area (Å²) in [7, 11) is 1.44. The quantitative estimate of drug-likeness (QED) is 0.509. The summed E-state index contributed by atoms with van der Waals surface area (Å²) in [6, 6.07) is 3.89. The molecule has 0 saturated carbocycles. The first-order chi connectivity index (χ1) is 15.1. The highest BCUT2D eigenvalue weighted by Crippen LogP contribution is 2.32. The third-order valence-electron chi connectivity index (χ3n) is 4.28. The number of nitrogens with zero attached hydrogens (tertiary/aromatic N) is 3. The molecule has 1 amide bonds. The molecule has 0 aliphatic carbocycles. The molecule has 3 aromatic rings. The second-order valence-electron chi connectivity index (χ2n) is 6.94. The zero-order valence-corrected chi connectivity index (χ0v) is 18.6. The molecule has 1 aromatic carbocycles. The molecular weight excluding hydrogens is 465 g/mol.